The minimum absolute atomic E-state index is 0.0730. The molecule has 2 N–H and O–H groups in total. The van der Waals surface area contributed by atoms with E-state index in [-0.39, 0.29) is 17.4 Å². The van der Waals surface area contributed by atoms with Crippen molar-refractivity contribution in [3.8, 4) is 0 Å². The second-order valence-corrected chi connectivity index (χ2v) is 12.4. The molecule has 0 aromatic heterocycles. The molecule has 5 heteroatoms. The van der Waals surface area contributed by atoms with E-state index in [4.69, 9.17) is 4.74 Å². The number of hydrogen-bond donors (Lipinski definition) is 2. The Balaban J connectivity index is 1.81. The maximum Gasteiger partial charge on any atom is 0.334 e. The van der Waals surface area contributed by atoms with Crippen LogP contribution in [0.25, 0.3) is 0 Å². The molecular formula is C31H55NO4. The van der Waals surface area contributed by atoms with Crippen molar-refractivity contribution in [2.45, 2.75) is 155 Å². The molecule has 3 rings (SSSR count). The van der Waals surface area contributed by atoms with Crippen molar-refractivity contribution >= 4 is 11.7 Å². The Bertz CT molecular complexity index is 724. The van der Waals surface area contributed by atoms with Crippen LogP contribution in [0, 0.1) is 17.3 Å². The Morgan fingerprint density at radius 3 is 2.08 bits per heavy atom. The van der Waals surface area contributed by atoms with E-state index in [1.54, 1.807) is 19.9 Å². The molecule has 3 fully saturated rings. The first-order valence-electron chi connectivity index (χ1n) is 14.9. The third-order valence-electron chi connectivity index (χ3n) is 8.69. The highest BCUT2D eigenvalue weighted by Crippen LogP contribution is 2.61. The van der Waals surface area contributed by atoms with Crippen LogP contribution in [0.3, 0.4) is 0 Å². The number of fused-ring (bicyclic) bond motifs is 2. The number of allylic oxidation sites excluding steroid dienone is 1. The van der Waals surface area contributed by atoms with E-state index in [9.17, 15) is 15.0 Å². The van der Waals surface area contributed by atoms with Crippen LogP contribution >= 0.6 is 0 Å². The second-order valence-electron chi connectivity index (χ2n) is 12.4. The minimum Gasteiger partial charge on any atom is -0.461 e. The van der Waals surface area contributed by atoms with Gasteiger partial charge in [-0.3, -0.25) is 4.99 Å². The number of aliphatic imine (C=N–C) groups is 1. The fourth-order valence-corrected chi connectivity index (χ4v) is 6.15. The molecule has 5 nitrogen and oxygen atoms in total. The van der Waals surface area contributed by atoms with Gasteiger partial charge in [0, 0.05) is 5.71 Å². The molecule has 0 aliphatic heterocycles. The Kier molecular flexibility index (Phi) is 12.6. The molecule has 0 aromatic carbocycles. The summed E-state index contributed by atoms with van der Waals surface area (Å²) in [5.41, 5.74) is -0.358. The lowest BCUT2D eigenvalue weighted by molar-refractivity contribution is -0.151. The van der Waals surface area contributed by atoms with Crippen molar-refractivity contribution in [3.05, 3.63) is 12.2 Å². The van der Waals surface area contributed by atoms with Crippen molar-refractivity contribution in [2.24, 2.45) is 22.2 Å². The van der Waals surface area contributed by atoms with Gasteiger partial charge in [0.05, 0.1) is 6.10 Å². The molecule has 208 valence electrons. The summed E-state index contributed by atoms with van der Waals surface area (Å²) in [7, 11) is 0. The van der Waals surface area contributed by atoms with Gasteiger partial charge in [-0.25, -0.2) is 4.79 Å². The quantitative estimate of drug-likeness (QED) is 0.125. The van der Waals surface area contributed by atoms with Crippen LogP contribution in [0.4, 0.5) is 0 Å². The summed E-state index contributed by atoms with van der Waals surface area (Å²) in [5.74, 6) is 0.0497. The van der Waals surface area contributed by atoms with E-state index in [0.717, 1.165) is 19.3 Å². The van der Waals surface area contributed by atoms with E-state index >= 15 is 0 Å². The van der Waals surface area contributed by atoms with Gasteiger partial charge in [0.15, 0.2) is 6.04 Å². The average Bonchev–Trinajstić information content (AvgIpc) is 2.79. The maximum absolute atomic E-state index is 12.8. The maximum atomic E-state index is 12.8. The van der Waals surface area contributed by atoms with Gasteiger partial charge in [-0.05, 0) is 63.7 Å². The van der Waals surface area contributed by atoms with E-state index in [1.807, 2.05) is 13.0 Å². The molecule has 5 atom stereocenters. The lowest BCUT2D eigenvalue weighted by atomic mass is 9.44. The number of rotatable bonds is 17. The molecule has 3 aliphatic carbocycles. The first-order valence-corrected chi connectivity index (χ1v) is 14.9. The van der Waals surface area contributed by atoms with Crippen LogP contribution in [-0.2, 0) is 9.53 Å². The lowest BCUT2D eigenvalue weighted by Crippen LogP contribution is -2.65. The van der Waals surface area contributed by atoms with Crippen molar-refractivity contribution in [3.63, 3.8) is 0 Å². The minimum atomic E-state index is -1.06. The largest absolute Gasteiger partial charge is 0.461 e. The summed E-state index contributed by atoms with van der Waals surface area (Å²) in [6.07, 6.45) is 19.2. The average molecular weight is 506 g/mol. The van der Waals surface area contributed by atoms with Gasteiger partial charge in [0.2, 0.25) is 0 Å². The fraction of sp³-hybridized carbons (Fsp3) is 0.871. The van der Waals surface area contributed by atoms with Gasteiger partial charge in [-0.1, -0.05) is 97.1 Å². The van der Waals surface area contributed by atoms with Gasteiger partial charge < -0.3 is 14.9 Å². The van der Waals surface area contributed by atoms with Crippen molar-refractivity contribution in [1.29, 1.82) is 0 Å². The topological polar surface area (TPSA) is 79.1 Å². The number of aliphatic hydroxyl groups is 2. The summed E-state index contributed by atoms with van der Waals surface area (Å²) in [4.78, 5) is 17.5. The number of esters is 1. The zero-order chi connectivity index (χ0) is 26.8. The molecule has 0 amide bonds. The van der Waals surface area contributed by atoms with Crippen LogP contribution in [-0.4, -0.2) is 45.7 Å². The Labute approximate surface area is 221 Å². The summed E-state index contributed by atoms with van der Waals surface area (Å²) in [6.45, 7) is 12.1. The summed E-state index contributed by atoms with van der Waals surface area (Å²) in [6, 6.07) is -1.04. The fourth-order valence-electron chi connectivity index (χ4n) is 6.15. The zero-order valence-electron chi connectivity index (χ0n) is 24.1. The molecule has 0 heterocycles. The van der Waals surface area contributed by atoms with Crippen molar-refractivity contribution < 1.29 is 19.7 Å². The highest BCUT2D eigenvalue weighted by molar-refractivity contribution is 5.96. The molecule has 2 unspecified atom stereocenters. The predicted octanol–water partition coefficient (Wildman–Crippen LogP) is 7.18. The monoisotopic (exact) mass is 505 g/mol. The second kappa shape index (κ2) is 14.7. The van der Waals surface area contributed by atoms with Crippen molar-refractivity contribution in [1.82, 2.24) is 0 Å². The van der Waals surface area contributed by atoms with Gasteiger partial charge in [0.25, 0.3) is 0 Å². The number of carbonyl (C=O) groups is 1. The van der Waals surface area contributed by atoms with Crippen molar-refractivity contribution in [2.75, 3.05) is 0 Å². The molecule has 3 aliphatic rings. The van der Waals surface area contributed by atoms with Crippen LogP contribution in [0.2, 0.25) is 0 Å². The van der Waals surface area contributed by atoms with Crippen LogP contribution in [0.1, 0.15) is 131 Å². The Morgan fingerprint density at radius 2 is 1.58 bits per heavy atom. The van der Waals surface area contributed by atoms with Crippen LogP contribution in [0.15, 0.2) is 17.1 Å². The number of hydrogen-bond acceptors (Lipinski definition) is 5. The molecule has 0 saturated heterocycles. The first-order chi connectivity index (χ1) is 17.0. The molecule has 2 bridgehead atoms. The van der Waals surface area contributed by atoms with Gasteiger partial charge >= 0.3 is 5.97 Å². The molecule has 0 aromatic rings. The summed E-state index contributed by atoms with van der Waals surface area (Å²) < 4.78 is 5.42. The molecule has 3 saturated carbocycles. The number of aliphatic hydroxyl groups excluding tert-OH is 1. The van der Waals surface area contributed by atoms with Crippen LogP contribution in [0.5, 0.6) is 0 Å². The summed E-state index contributed by atoms with van der Waals surface area (Å²) >= 11 is 0. The van der Waals surface area contributed by atoms with Gasteiger partial charge in [0.1, 0.15) is 11.7 Å². The Hall–Kier alpha value is -1.20. The number of nitrogens with zero attached hydrogens (tertiary/aromatic N) is 1. The van der Waals surface area contributed by atoms with E-state index < -0.39 is 23.7 Å². The lowest BCUT2D eigenvalue weighted by Gasteiger charge is -2.62. The SMILES string of the molecule is CCCCCCCCCCCCC/C=C/C(O)C(N=C1C[C@@H]2C[C@@H](C2(C)C)[C@]1(C)O)C(=O)OC(C)C. The molecule has 0 radical (unpaired) electrons. The van der Waals surface area contributed by atoms with Gasteiger partial charge in [-0.15, -0.1) is 0 Å². The predicted molar refractivity (Wildman–Crippen MR) is 149 cm³/mol. The highest BCUT2D eigenvalue weighted by atomic mass is 16.5. The number of carbonyl (C=O) groups excluding carboxylic acids is 1. The van der Waals surface area contributed by atoms with E-state index in [0.29, 0.717) is 18.1 Å². The zero-order valence-corrected chi connectivity index (χ0v) is 24.1. The number of ether oxygens (including phenoxy) is 1. The highest BCUT2D eigenvalue weighted by Gasteiger charge is 2.61. The third-order valence-corrected chi connectivity index (χ3v) is 8.69. The van der Waals surface area contributed by atoms with E-state index in [2.05, 4.69) is 25.8 Å². The molecule has 0 spiro atoms. The number of unbranched alkanes of at least 4 members (excludes halogenated alkanes) is 11. The van der Waals surface area contributed by atoms with Crippen LogP contribution < -0.4 is 0 Å². The Morgan fingerprint density at radius 1 is 1.03 bits per heavy atom. The smallest absolute Gasteiger partial charge is 0.334 e. The van der Waals surface area contributed by atoms with Gasteiger partial charge in [-0.2, -0.15) is 0 Å². The van der Waals surface area contributed by atoms with E-state index in [1.165, 1.54) is 64.2 Å². The molecular weight excluding hydrogens is 450 g/mol. The third kappa shape index (κ3) is 8.68. The standard InChI is InChI=1S/C31H55NO4/c1-7-8-9-10-11-12-13-14-15-16-17-18-19-20-25(33)28(29(34)36-23(2)3)32-27-22-24-21-26(30(24,4)5)31(27,6)35/h19-20,23-26,28,33,35H,7-18,21-22H2,1-6H3/b20-19+,32-27?/t24-,25?,26-,28?,31-/m0/s1. The normalized spacial score (nSPS) is 27.9. The summed E-state index contributed by atoms with van der Waals surface area (Å²) in [5, 5.41) is 22.2. The molecule has 36 heavy (non-hydrogen) atoms. The first kappa shape index (κ1) is 31.0.